The minimum atomic E-state index is 0.525. The topological polar surface area (TPSA) is 24.5 Å². The highest BCUT2D eigenvalue weighted by atomic mass is 32.1. The molecule has 1 aromatic carbocycles. The summed E-state index contributed by atoms with van der Waals surface area (Å²) in [6, 6.07) is 13.1. The maximum absolute atomic E-state index is 5.19. The predicted molar refractivity (Wildman–Crippen MR) is 91.4 cm³/mol. The Morgan fingerprint density at radius 2 is 1.76 bits per heavy atom. The van der Waals surface area contributed by atoms with Crippen molar-refractivity contribution >= 4 is 17.0 Å². The molecule has 0 saturated carbocycles. The molecule has 1 heterocycles. The molecule has 2 aromatic rings. The van der Waals surface area contributed by atoms with Crippen LogP contribution < -0.4 is 15.0 Å². The van der Waals surface area contributed by atoms with Crippen LogP contribution in [0.1, 0.15) is 23.6 Å². The SMILES string of the molecule is COc1ccc(N(C)Cc2ccc(CNC(C)C)s2)cc1. The maximum Gasteiger partial charge on any atom is 0.119 e. The molecule has 0 atom stereocenters. The Labute approximate surface area is 131 Å². The van der Waals surface area contributed by atoms with Gasteiger partial charge in [0.25, 0.3) is 0 Å². The van der Waals surface area contributed by atoms with Crippen LogP contribution in [-0.2, 0) is 13.1 Å². The summed E-state index contributed by atoms with van der Waals surface area (Å²) in [6.45, 7) is 6.23. The molecule has 0 amide bonds. The van der Waals surface area contributed by atoms with E-state index < -0.39 is 0 Å². The Morgan fingerprint density at radius 1 is 1.10 bits per heavy atom. The number of methoxy groups -OCH3 is 1. The van der Waals surface area contributed by atoms with Gasteiger partial charge in [0.15, 0.2) is 0 Å². The fourth-order valence-corrected chi connectivity index (χ4v) is 3.09. The number of nitrogens with one attached hydrogen (secondary N) is 1. The minimum absolute atomic E-state index is 0.525. The van der Waals surface area contributed by atoms with Gasteiger partial charge < -0.3 is 15.0 Å². The first kappa shape index (κ1) is 15.9. The number of rotatable bonds is 7. The second kappa shape index (κ2) is 7.48. The highest BCUT2D eigenvalue weighted by Gasteiger charge is 2.06. The molecule has 3 nitrogen and oxygen atoms in total. The van der Waals surface area contributed by atoms with Gasteiger partial charge in [0, 0.05) is 35.1 Å². The van der Waals surface area contributed by atoms with E-state index in [1.165, 1.54) is 15.4 Å². The number of thiophene rings is 1. The van der Waals surface area contributed by atoms with Crippen molar-refractivity contribution in [3.8, 4) is 5.75 Å². The van der Waals surface area contributed by atoms with Crippen LogP contribution in [0.5, 0.6) is 5.75 Å². The first-order valence-electron chi connectivity index (χ1n) is 7.24. The third kappa shape index (κ3) is 4.76. The van der Waals surface area contributed by atoms with Crippen LogP contribution >= 0.6 is 11.3 Å². The Balaban J connectivity index is 1.93. The second-order valence-electron chi connectivity index (χ2n) is 5.46. The first-order valence-corrected chi connectivity index (χ1v) is 8.06. The summed E-state index contributed by atoms with van der Waals surface area (Å²) in [7, 11) is 3.81. The third-order valence-corrected chi connectivity index (χ3v) is 4.38. The molecule has 0 spiro atoms. The van der Waals surface area contributed by atoms with Crippen LogP contribution in [0, 0.1) is 0 Å². The molecule has 0 bridgehead atoms. The zero-order chi connectivity index (χ0) is 15.2. The van der Waals surface area contributed by atoms with Crippen molar-refractivity contribution in [1.29, 1.82) is 0 Å². The number of benzene rings is 1. The van der Waals surface area contributed by atoms with Gasteiger partial charge in [0.1, 0.15) is 5.75 Å². The van der Waals surface area contributed by atoms with Gasteiger partial charge in [-0.1, -0.05) is 13.8 Å². The van der Waals surface area contributed by atoms with Gasteiger partial charge in [-0.2, -0.15) is 0 Å². The van der Waals surface area contributed by atoms with Crippen molar-refractivity contribution < 1.29 is 4.74 Å². The highest BCUT2D eigenvalue weighted by Crippen LogP contribution is 2.23. The van der Waals surface area contributed by atoms with E-state index in [-0.39, 0.29) is 0 Å². The average Bonchev–Trinajstić information content (AvgIpc) is 2.92. The fraction of sp³-hybridized carbons (Fsp3) is 0.412. The lowest BCUT2D eigenvalue weighted by atomic mass is 10.2. The molecule has 1 N–H and O–H groups in total. The minimum Gasteiger partial charge on any atom is -0.497 e. The number of hydrogen-bond acceptors (Lipinski definition) is 4. The summed E-state index contributed by atoms with van der Waals surface area (Å²) in [6.07, 6.45) is 0. The smallest absolute Gasteiger partial charge is 0.119 e. The van der Waals surface area contributed by atoms with Crippen molar-refractivity contribution in [3.63, 3.8) is 0 Å². The van der Waals surface area contributed by atoms with E-state index in [9.17, 15) is 0 Å². The second-order valence-corrected chi connectivity index (χ2v) is 6.71. The average molecular weight is 304 g/mol. The lowest BCUT2D eigenvalue weighted by Crippen LogP contribution is -2.21. The monoisotopic (exact) mass is 304 g/mol. The van der Waals surface area contributed by atoms with E-state index in [1.54, 1.807) is 7.11 Å². The molecule has 0 aliphatic heterocycles. The molecule has 0 fully saturated rings. The van der Waals surface area contributed by atoms with Crippen molar-refractivity contribution in [2.45, 2.75) is 33.0 Å². The van der Waals surface area contributed by atoms with Gasteiger partial charge in [-0.05, 0) is 36.4 Å². The van der Waals surface area contributed by atoms with Gasteiger partial charge in [-0.15, -0.1) is 11.3 Å². The predicted octanol–water partition coefficient (Wildman–Crippen LogP) is 3.89. The van der Waals surface area contributed by atoms with E-state index >= 15 is 0 Å². The van der Waals surface area contributed by atoms with Gasteiger partial charge in [0.05, 0.1) is 13.7 Å². The molecule has 0 unspecified atom stereocenters. The molecular weight excluding hydrogens is 280 g/mol. The summed E-state index contributed by atoms with van der Waals surface area (Å²) in [5.74, 6) is 0.894. The molecule has 2 rings (SSSR count). The lowest BCUT2D eigenvalue weighted by molar-refractivity contribution is 0.415. The van der Waals surface area contributed by atoms with Gasteiger partial charge in [-0.3, -0.25) is 0 Å². The van der Waals surface area contributed by atoms with Crippen LogP contribution in [-0.4, -0.2) is 20.2 Å². The standard InChI is InChI=1S/C17H24N2OS/c1-13(2)18-11-16-9-10-17(21-16)12-19(3)14-5-7-15(20-4)8-6-14/h5-10,13,18H,11-12H2,1-4H3. The van der Waals surface area contributed by atoms with Crippen molar-refractivity contribution in [3.05, 3.63) is 46.2 Å². The molecular formula is C17H24N2OS. The largest absolute Gasteiger partial charge is 0.497 e. The summed E-state index contributed by atoms with van der Waals surface area (Å²) >= 11 is 1.88. The van der Waals surface area contributed by atoms with Gasteiger partial charge in [-0.25, -0.2) is 0 Å². The number of ether oxygens (including phenoxy) is 1. The fourth-order valence-electron chi connectivity index (χ4n) is 2.07. The molecule has 0 saturated heterocycles. The molecule has 21 heavy (non-hydrogen) atoms. The Morgan fingerprint density at radius 3 is 2.38 bits per heavy atom. The van der Waals surface area contributed by atoms with Crippen LogP contribution in [0.3, 0.4) is 0 Å². The number of hydrogen-bond donors (Lipinski definition) is 1. The zero-order valence-electron chi connectivity index (χ0n) is 13.2. The summed E-state index contributed by atoms with van der Waals surface area (Å²) in [5.41, 5.74) is 1.20. The molecule has 0 aliphatic rings. The Bertz CT molecular complexity index is 548. The summed E-state index contributed by atoms with van der Waals surface area (Å²) < 4.78 is 5.19. The van der Waals surface area contributed by atoms with E-state index in [4.69, 9.17) is 4.74 Å². The summed E-state index contributed by atoms with van der Waals surface area (Å²) in [4.78, 5) is 5.03. The Hall–Kier alpha value is -1.52. The highest BCUT2D eigenvalue weighted by molar-refractivity contribution is 7.12. The van der Waals surface area contributed by atoms with Crippen molar-refractivity contribution in [2.24, 2.45) is 0 Å². The molecule has 0 aliphatic carbocycles. The van der Waals surface area contributed by atoms with Crippen molar-refractivity contribution in [2.75, 3.05) is 19.1 Å². The van der Waals surface area contributed by atoms with Crippen LogP contribution in [0.15, 0.2) is 36.4 Å². The zero-order valence-corrected chi connectivity index (χ0v) is 14.0. The van der Waals surface area contributed by atoms with Crippen LogP contribution in [0.25, 0.3) is 0 Å². The normalized spacial score (nSPS) is 10.9. The van der Waals surface area contributed by atoms with E-state index in [2.05, 4.69) is 55.4 Å². The Kier molecular flexibility index (Phi) is 5.65. The molecule has 114 valence electrons. The van der Waals surface area contributed by atoms with Crippen LogP contribution in [0.4, 0.5) is 5.69 Å². The quantitative estimate of drug-likeness (QED) is 0.840. The molecule has 1 aromatic heterocycles. The summed E-state index contributed by atoms with van der Waals surface area (Å²) in [5, 5.41) is 3.46. The van der Waals surface area contributed by atoms with Crippen molar-refractivity contribution in [1.82, 2.24) is 5.32 Å². The maximum atomic E-state index is 5.19. The third-order valence-electron chi connectivity index (χ3n) is 3.31. The van der Waals surface area contributed by atoms with Crippen LogP contribution in [0.2, 0.25) is 0 Å². The van der Waals surface area contributed by atoms with Gasteiger partial charge in [0.2, 0.25) is 0 Å². The van der Waals surface area contributed by atoms with E-state index in [0.29, 0.717) is 6.04 Å². The van der Waals surface area contributed by atoms with E-state index in [0.717, 1.165) is 18.8 Å². The van der Waals surface area contributed by atoms with E-state index in [1.807, 2.05) is 23.5 Å². The first-order chi connectivity index (χ1) is 10.1. The number of anilines is 1. The number of nitrogens with zero attached hydrogens (tertiary/aromatic N) is 1. The molecule has 0 radical (unpaired) electrons. The van der Waals surface area contributed by atoms with Gasteiger partial charge >= 0.3 is 0 Å². The lowest BCUT2D eigenvalue weighted by Gasteiger charge is -2.18. The molecule has 4 heteroatoms.